The normalized spacial score (nSPS) is 12.2. The minimum Gasteiger partial charge on any atom is -0.404 e. The summed E-state index contributed by atoms with van der Waals surface area (Å²) in [6, 6.07) is 1.71. The van der Waals surface area contributed by atoms with Crippen LogP contribution < -0.4 is 11.5 Å². The van der Waals surface area contributed by atoms with E-state index in [9.17, 15) is 0 Å². The largest absolute Gasteiger partial charge is 0.404 e. The highest BCUT2D eigenvalue weighted by Gasteiger charge is 1.94. The third-order valence-electron chi connectivity index (χ3n) is 1.71. The van der Waals surface area contributed by atoms with Gasteiger partial charge in [-0.3, -0.25) is 0 Å². The van der Waals surface area contributed by atoms with Crippen molar-refractivity contribution >= 4 is 11.5 Å². The maximum atomic E-state index is 5.47. The van der Waals surface area contributed by atoms with Gasteiger partial charge in [0.25, 0.3) is 0 Å². The number of hydrogen-bond donors (Lipinski definition) is 2. The van der Waals surface area contributed by atoms with Crippen molar-refractivity contribution in [2.45, 2.75) is 6.92 Å². The van der Waals surface area contributed by atoms with Crippen molar-refractivity contribution in [3.8, 4) is 0 Å². The molecule has 0 aromatic carbocycles. The van der Waals surface area contributed by atoms with E-state index in [0.29, 0.717) is 5.82 Å². The summed E-state index contributed by atoms with van der Waals surface area (Å²) in [7, 11) is 0. The Bertz CT molecular complexity index is 385. The van der Waals surface area contributed by atoms with Gasteiger partial charge in [-0.05, 0) is 24.8 Å². The first-order valence-electron chi connectivity index (χ1n) is 4.20. The van der Waals surface area contributed by atoms with Crippen LogP contribution in [0.4, 0.5) is 5.82 Å². The number of allylic oxidation sites excluding steroid dienone is 4. The Morgan fingerprint density at radius 2 is 2.29 bits per heavy atom. The van der Waals surface area contributed by atoms with E-state index in [4.69, 9.17) is 11.5 Å². The summed E-state index contributed by atoms with van der Waals surface area (Å²) in [5.41, 5.74) is 12.5. The van der Waals surface area contributed by atoms with Gasteiger partial charge in [0, 0.05) is 12.3 Å². The molecule has 1 heterocycles. The minimum absolute atomic E-state index is 0.477. The molecule has 1 aromatic rings. The molecule has 0 unspecified atom stereocenters. The van der Waals surface area contributed by atoms with Crippen LogP contribution in [0.15, 0.2) is 42.8 Å². The monoisotopic (exact) mass is 190 g/mol. The molecule has 0 aliphatic rings. The van der Waals surface area contributed by atoms with Gasteiger partial charge < -0.3 is 11.5 Å². The Kier molecular flexibility index (Phi) is 3.12. The zero-order valence-corrected chi connectivity index (χ0v) is 8.14. The number of nitrogen functional groups attached to an aromatic ring is 1. The second-order valence-corrected chi connectivity index (χ2v) is 2.92. The van der Waals surface area contributed by atoms with E-state index in [1.165, 1.54) is 6.20 Å². The molecule has 4 N–H and O–H groups in total. The Hall–Kier alpha value is -1.97. The topological polar surface area (TPSA) is 69.9 Å². The Morgan fingerprint density at radius 3 is 2.79 bits per heavy atom. The van der Waals surface area contributed by atoms with Gasteiger partial charge in [-0.15, -0.1) is 0 Å². The molecule has 74 valence electrons. The summed E-state index contributed by atoms with van der Waals surface area (Å²) >= 11 is 0. The number of anilines is 1. The van der Waals surface area contributed by atoms with Crippen molar-refractivity contribution in [3.05, 3.63) is 42.8 Å². The van der Waals surface area contributed by atoms with Crippen LogP contribution in [0.1, 0.15) is 6.92 Å². The summed E-state index contributed by atoms with van der Waals surface area (Å²) in [5, 5.41) is 4.01. The number of nitrogens with two attached hydrogens (primary N) is 2. The third-order valence-corrected chi connectivity index (χ3v) is 1.71. The van der Waals surface area contributed by atoms with E-state index in [1.807, 2.05) is 19.1 Å². The van der Waals surface area contributed by atoms with Gasteiger partial charge in [-0.25, -0.2) is 4.68 Å². The van der Waals surface area contributed by atoms with Crippen LogP contribution in [0.5, 0.6) is 0 Å². The molecule has 0 amide bonds. The van der Waals surface area contributed by atoms with E-state index in [-0.39, 0.29) is 0 Å². The highest BCUT2D eigenvalue weighted by atomic mass is 15.3. The Morgan fingerprint density at radius 1 is 1.57 bits per heavy atom. The standard InChI is InChI=1S/C10H14N4/c1-8(7-11)3-4-9(2)14-6-5-10(12)13-14/h3-7H,2,11H2,1H3,(H2,12,13)/b4-3-,8-7-. The maximum absolute atomic E-state index is 5.47. The molecule has 1 aromatic heterocycles. The lowest BCUT2D eigenvalue weighted by Gasteiger charge is -1.98. The fourth-order valence-electron chi connectivity index (χ4n) is 0.858. The predicted molar refractivity (Wildman–Crippen MR) is 59.1 cm³/mol. The van der Waals surface area contributed by atoms with Crippen molar-refractivity contribution in [3.63, 3.8) is 0 Å². The van der Waals surface area contributed by atoms with Crippen molar-refractivity contribution in [1.29, 1.82) is 0 Å². The molecule has 0 bridgehead atoms. The van der Waals surface area contributed by atoms with Crippen LogP contribution in [0, 0.1) is 0 Å². The molecule has 4 nitrogen and oxygen atoms in total. The molecule has 0 atom stereocenters. The Labute approximate surface area is 83.2 Å². The van der Waals surface area contributed by atoms with Gasteiger partial charge in [0.05, 0.1) is 5.70 Å². The number of aromatic nitrogens is 2. The third kappa shape index (κ3) is 2.52. The van der Waals surface area contributed by atoms with Crippen LogP contribution >= 0.6 is 0 Å². The van der Waals surface area contributed by atoms with E-state index < -0.39 is 0 Å². The van der Waals surface area contributed by atoms with Gasteiger partial charge in [-0.2, -0.15) is 5.10 Å². The molecule has 0 aliphatic carbocycles. The molecule has 0 saturated carbocycles. The van der Waals surface area contributed by atoms with Crippen molar-refractivity contribution in [2.24, 2.45) is 5.73 Å². The molecule has 14 heavy (non-hydrogen) atoms. The van der Waals surface area contributed by atoms with Crippen LogP contribution in [0.2, 0.25) is 0 Å². The lowest BCUT2D eigenvalue weighted by molar-refractivity contribution is 0.918. The van der Waals surface area contributed by atoms with Gasteiger partial charge in [0.2, 0.25) is 0 Å². The Balaban J connectivity index is 2.73. The predicted octanol–water partition coefficient (Wildman–Crippen LogP) is 1.35. The summed E-state index contributed by atoms with van der Waals surface area (Å²) in [5.74, 6) is 0.477. The quantitative estimate of drug-likeness (QED) is 0.707. The first-order chi connectivity index (χ1) is 6.63. The number of nitrogens with zero attached hydrogens (tertiary/aromatic N) is 2. The van der Waals surface area contributed by atoms with Crippen LogP contribution in [-0.2, 0) is 0 Å². The summed E-state index contributed by atoms with van der Waals surface area (Å²) in [4.78, 5) is 0. The highest BCUT2D eigenvalue weighted by Crippen LogP contribution is 2.06. The lowest BCUT2D eigenvalue weighted by Crippen LogP contribution is -1.95. The van der Waals surface area contributed by atoms with Crippen molar-refractivity contribution in [2.75, 3.05) is 5.73 Å². The van der Waals surface area contributed by atoms with E-state index in [2.05, 4.69) is 11.7 Å². The molecule has 0 aliphatic heterocycles. The highest BCUT2D eigenvalue weighted by molar-refractivity contribution is 5.55. The zero-order valence-electron chi connectivity index (χ0n) is 8.14. The average molecular weight is 190 g/mol. The molecule has 0 fully saturated rings. The second-order valence-electron chi connectivity index (χ2n) is 2.92. The van der Waals surface area contributed by atoms with Crippen LogP contribution in [0.3, 0.4) is 0 Å². The molecular formula is C10H14N4. The minimum atomic E-state index is 0.477. The van der Waals surface area contributed by atoms with Crippen LogP contribution in [0.25, 0.3) is 5.70 Å². The lowest BCUT2D eigenvalue weighted by atomic mass is 10.3. The number of hydrogen-bond acceptors (Lipinski definition) is 3. The fourth-order valence-corrected chi connectivity index (χ4v) is 0.858. The molecule has 0 radical (unpaired) electrons. The second kappa shape index (κ2) is 4.32. The van der Waals surface area contributed by atoms with E-state index in [0.717, 1.165) is 11.3 Å². The summed E-state index contributed by atoms with van der Waals surface area (Å²) in [6.07, 6.45) is 6.97. The van der Waals surface area contributed by atoms with E-state index >= 15 is 0 Å². The maximum Gasteiger partial charge on any atom is 0.145 e. The zero-order chi connectivity index (χ0) is 10.6. The first kappa shape index (κ1) is 10.1. The van der Waals surface area contributed by atoms with Crippen molar-refractivity contribution in [1.82, 2.24) is 9.78 Å². The molecule has 0 saturated heterocycles. The molecule has 1 rings (SSSR count). The van der Waals surface area contributed by atoms with Gasteiger partial charge in [0.15, 0.2) is 0 Å². The van der Waals surface area contributed by atoms with Gasteiger partial charge >= 0.3 is 0 Å². The van der Waals surface area contributed by atoms with Crippen molar-refractivity contribution < 1.29 is 0 Å². The van der Waals surface area contributed by atoms with Crippen LogP contribution in [-0.4, -0.2) is 9.78 Å². The molecule has 0 spiro atoms. The summed E-state index contributed by atoms with van der Waals surface area (Å²) < 4.78 is 1.61. The fraction of sp³-hybridized carbons (Fsp3) is 0.100. The smallest absolute Gasteiger partial charge is 0.145 e. The van der Waals surface area contributed by atoms with Gasteiger partial charge in [0.1, 0.15) is 5.82 Å². The summed E-state index contributed by atoms with van der Waals surface area (Å²) in [6.45, 7) is 5.74. The molecular weight excluding hydrogens is 176 g/mol. The first-order valence-corrected chi connectivity index (χ1v) is 4.20. The average Bonchev–Trinajstić information content (AvgIpc) is 2.60. The van der Waals surface area contributed by atoms with Gasteiger partial charge in [-0.1, -0.05) is 12.7 Å². The number of rotatable bonds is 3. The van der Waals surface area contributed by atoms with E-state index in [1.54, 1.807) is 16.9 Å². The molecule has 4 heteroatoms. The SMILES string of the molecule is C=C(/C=C\C(C)=C/N)n1ccc(N)n1.